The van der Waals surface area contributed by atoms with Crippen LogP contribution in [0.3, 0.4) is 0 Å². The van der Waals surface area contributed by atoms with Crippen LogP contribution in [0.1, 0.15) is 21.5 Å². The van der Waals surface area contributed by atoms with Gasteiger partial charge in [-0.3, -0.25) is 4.79 Å². The molecule has 0 fully saturated rings. The largest absolute Gasteiger partial charge is 0.322 e. The van der Waals surface area contributed by atoms with Gasteiger partial charge in [-0.1, -0.05) is 24.3 Å². The van der Waals surface area contributed by atoms with Crippen molar-refractivity contribution >= 4 is 23.4 Å². The van der Waals surface area contributed by atoms with Crippen LogP contribution in [0.5, 0.6) is 0 Å². The number of rotatable bonds is 3. The second-order valence-corrected chi connectivity index (χ2v) is 5.87. The van der Waals surface area contributed by atoms with Gasteiger partial charge in [0.2, 0.25) is 0 Å². The molecular formula is C17H18N2OS. The number of thioether (sulfide) groups is 1. The molecule has 2 N–H and O–H groups in total. The highest BCUT2D eigenvalue weighted by Crippen LogP contribution is 2.25. The van der Waals surface area contributed by atoms with E-state index in [4.69, 9.17) is 0 Å². The van der Waals surface area contributed by atoms with Gasteiger partial charge in [0.1, 0.15) is 0 Å². The Hall–Kier alpha value is -1.78. The Balaban J connectivity index is 1.88. The Kier molecular flexibility index (Phi) is 4.27. The Morgan fingerprint density at radius 3 is 2.90 bits per heavy atom. The van der Waals surface area contributed by atoms with E-state index < -0.39 is 0 Å². The van der Waals surface area contributed by atoms with Crippen LogP contribution < -0.4 is 10.6 Å². The molecule has 0 bridgehead atoms. The fraction of sp³-hybridized carbons (Fsp3) is 0.235. The maximum Gasteiger partial charge on any atom is 0.256 e. The van der Waals surface area contributed by atoms with Crippen molar-refractivity contribution in [2.45, 2.75) is 17.9 Å². The van der Waals surface area contributed by atoms with Crippen LogP contribution in [-0.2, 0) is 13.0 Å². The number of hydrogen-bond donors (Lipinski definition) is 2. The number of carbonyl (C=O) groups is 1. The Bertz CT molecular complexity index is 670. The van der Waals surface area contributed by atoms with E-state index in [9.17, 15) is 4.79 Å². The smallest absolute Gasteiger partial charge is 0.256 e. The third-order valence-corrected chi connectivity index (χ3v) is 4.54. The van der Waals surface area contributed by atoms with E-state index in [1.165, 1.54) is 11.1 Å². The zero-order valence-corrected chi connectivity index (χ0v) is 12.8. The maximum atomic E-state index is 12.5. The first-order valence-electron chi connectivity index (χ1n) is 7.05. The number of hydrogen-bond acceptors (Lipinski definition) is 3. The average molecular weight is 298 g/mol. The summed E-state index contributed by atoms with van der Waals surface area (Å²) in [7, 11) is 0. The number of carbonyl (C=O) groups excluding carboxylic acids is 1. The summed E-state index contributed by atoms with van der Waals surface area (Å²) in [6.45, 7) is 1.84. The highest BCUT2D eigenvalue weighted by molar-refractivity contribution is 7.98. The van der Waals surface area contributed by atoms with Crippen LogP contribution in [0.25, 0.3) is 0 Å². The highest BCUT2D eigenvalue weighted by atomic mass is 32.2. The van der Waals surface area contributed by atoms with E-state index in [1.54, 1.807) is 11.8 Å². The molecule has 0 spiro atoms. The molecular weight excluding hydrogens is 280 g/mol. The molecule has 2 aromatic rings. The minimum absolute atomic E-state index is 0.0353. The molecule has 0 saturated heterocycles. The topological polar surface area (TPSA) is 41.1 Å². The zero-order chi connectivity index (χ0) is 14.7. The lowest BCUT2D eigenvalue weighted by Crippen LogP contribution is -2.25. The van der Waals surface area contributed by atoms with Crippen molar-refractivity contribution in [3.8, 4) is 0 Å². The monoisotopic (exact) mass is 298 g/mol. The summed E-state index contributed by atoms with van der Waals surface area (Å²) in [5.74, 6) is -0.0353. The van der Waals surface area contributed by atoms with E-state index in [2.05, 4.69) is 16.7 Å². The van der Waals surface area contributed by atoms with Crippen molar-refractivity contribution in [2.24, 2.45) is 0 Å². The average Bonchev–Trinajstić information content (AvgIpc) is 2.55. The predicted molar refractivity (Wildman–Crippen MR) is 88.0 cm³/mol. The standard InChI is InChI=1S/C17H18N2OS/c1-21-16-8-3-2-6-14(16)17(20)19-15-7-4-5-12-11-18-10-9-13(12)15/h2-8,18H,9-11H2,1H3,(H,19,20). The van der Waals surface area contributed by atoms with Crippen molar-refractivity contribution < 1.29 is 4.79 Å². The molecule has 3 nitrogen and oxygen atoms in total. The summed E-state index contributed by atoms with van der Waals surface area (Å²) in [5, 5.41) is 6.44. The second kappa shape index (κ2) is 6.33. The Morgan fingerprint density at radius 2 is 2.05 bits per heavy atom. The Labute approximate surface area is 129 Å². The third-order valence-electron chi connectivity index (χ3n) is 3.74. The van der Waals surface area contributed by atoms with Gasteiger partial charge in [0.25, 0.3) is 5.91 Å². The molecule has 1 aliphatic heterocycles. The van der Waals surface area contributed by atoms with Crippen molar-refractivity contribution in [1.29, 1.82) is 0 Å². The number of anilines is 1. The molecule has 21 heavy (non-hydrogen) atoms. The fourth-order valence-electron chi connectivity index (χ4n) is 2.67. The second-order valence-electron chi connectivity index (χ2n) is 5.02. The molecule has 0 saturated carbocycles. The molecule has 3 rings (SSSR count). The van der Waals surface area contributed by atoms with Crippen LogP contribution in [0.4, 0.5) is 5.69 Å². The first-order valence-corrected chi connectivity index (χ1v) is 8.28. The minimum atomic E-state index is -0.0353. The van der Waals surface area contributed by atoms with Gasteiger partial charge in [0.05, 0.1) is 5.56 Å². The molecule has 0 radical (unpaired) electrons. The van der Waals surface area contributed by atoms with Crippen molar-refractivity contribution in [3.05, 3.63) is 59.2 Å². The third kappa shape index (κ3) is 2.96. The number of nitrogens with one attached hydrogen (secondary N) is 2. The maximum absolute atomic E-state index is 12.5. The molecule has 0 aliphatic carbocycles. The molecule has 0 atom stereocenters. The van der Waals surface area contributed by atoms with Gasteiger partial charge in [-0.25, -0.2) is 0 Å². The van der Waals surface area contributed by atoms with Gasteiger partial charge >= 0.3 is 0 Å². The zero-order valence-electron chi connectivity index (χ0n) is 12.0. The minimum Gasteiger partial charge on any atom is -0.322 e. The van der Waals surface area contributed by atoms with E-state index in [0.717, 1.165) is 35.7 Å². The molecule has 1 amide bonds. The first-order chi connectivity index (χ1) is 10.3. The summed E-state index contributed by atoms with van der Waals surface area (Å²) in [4.78, 5) is 13.5. The molecule has 0 unspecified atom stereocenters. The number of benzene rings is 2. The summed E-state index contributed by atoms with van der Waals surface area (Å²) in [6, 6.07) is 13.8. The van der Waals surface area contributed by atoms with Gasteiger partial charge in [-0.2, -0.15) is 0 Å². The molecule has 0 aromatic heterocycles. The van der Waals surface area contributed by atoms with E-state index in [-0.39, 0.29) is 5.91 Å². The van der Waals surface area contributed by atoms with Gasteiger partial charge in [-0.15, -0.1) is 11.8 Å². The van der Waals surface area contributed by atoms with Crippen molar-refractivity contribution in [3.63, 3.8) is 0 Å². The van der Waals surface area contributed by atoms with E-state index in [1.807, 2.05) is 42.7 Å². The van der Waals surface area contributed by atoms with Gasteiger partial charge in [-0.05, 0) is 48.5 Å². The predicted octanol–water partition coefficient (Wildman–Crippen LogP) is 3.31. The summed E-state index contributed by atoms with van der Waals surface area (Å²) < 4.78 is 0. The summed E-state index contributed by atoms with van der Waals surface area (Å²) in [6.07, 6.45) is 2.94. The molecule has 4 heteroatoms. The molecule has 2 aromatic carbocycles. The quantitative estimate of drug-likeness (QED) is 0.854. The van der Waals surface area contributed by atoms with Gasteiger partial charge < -0.3 is 10.6 Å². The number of fused-ring (bicyclic) bond motifs is 1. The summed E-state index contributed by atoms with van der Waals surface area (Å²) >= 11 is 1.59. The SMILES string of the molecule is CSc1ccccc1C(=O)Nc1cccc2c1CCNC2. The summed E-state index contributed by atoms with van der Waals surface area (Å²) in [5.41, 5.74) is 4.20. The van der Waals surface area contributed by atoms with Crippen LogP contribution >= 0.6 is 11.8 Å². The van der Waals surface area contributed by atoms with E-state index >= 15 is 0 Å². The molecule has 1 heterocycles. The van der Waals surface area contributed by atoms with E-state index in [0.29, 0.717) is 0 Å². The Morgan fingerprint density at radius 1 is 1.19 bits per heavy atom. The van der Waals surface area contributed by atoms with Crippen LogP contribution in [-0.4, -0.2) is 18.7 Å². The first kappa shape index (κ1) is 14.2. The fourth-order valence-corrected chi connectivity index (χ4v) is 3.27. The lowest BCUT2D eigenvalue weighted by atomic mass is 9.99. The number of amides is 1. The van der Waals surface area contributed by atoms with Gasteiger partial charge in [0.15, 0.2) is 0 Å². The van der Waals surface area contributed by atoms with Crippen molar-refractivity contribution in [1.82, 2.24) is 5.32 Å². The normalized spacial score (nSPS) is 13.6. The highest BCUT2D eigenvalue weighted by Gasteiger charge is 2.16. The lowest BCUT2D eigenvalue weighted by Gasteiger charge is -2.20. The van der Waals surface area contributed by atoms with Crippen LogP contribution in [0, 0.1) is 0 Å². The molecule has 1 aliphatic rings. The lowest BCUT2D eigenvalue weighted by molar-refractivity contribution is 0.102. The molecule has 108 valence electrons. The van der Waals surface area contributed by atoms with Crippen molar-refractivity contribution in [2.75, 3.05) is 18.1 Å². The van der Waals surface area contributed by atoms with Gasteiger partial charge in [0, 0.05) is 17.1 Å². The van der Waals surface area contributed by atoms with Crippen LogP contribution in [0.2, 0.25) is 0 Å². The van der Waals surface area contributed by atoms with Crippen LogP contribution in [0.15, 0.2) is 47.4 Å².